The predicted molar refractivity (Wildman–Crippen MR) is 60.4 cm³/mol. The molecule has 0 aliphatic carbocycles. The molecule has 0 aliphatic heterocycles. The molecule has 0 aliphatic rings. The van der Waals surface area contributed by atoms with Crippen molar-refractivity contribution in [3.63, 3.8) is 0 Å². The summed E-state index contributed by atoms with van der Waals surface area (Å²) < 4.78 is 13.3. The van der Waals surface area contributed by atoms with Gasteiger partial charge in [0.25, 0.3) is 0 Å². The van der Waals surface area contributed by atoms with E-state index in [1.165, 1.54) is 12.1 Å². The van der Waals surface area contributed by atoms with Crippen molar-refractivity contribution in [1.82, 2.24) is 0 Å². The second-order valence-corrected chi connectivity index (χ2v) is 5.07. The van der Waals surface area contributed by atoms with Crippen molar-refractivity contribution < 1.29 is 19.4 Å². The predicted octanol–water partition coefficient (Wildman–Crippen LogP) is 2.39. The molecule has 0 radical (unpaired) electrons. The van der Waals surface area contributed by atoms with Crippen LogP contribution in [0.15, 0.2) is 23.1 Å². The van der Waals surface area contributed by atoms with Crippen LogP contribution in [0, 0.1) is 5.82 Å². The first-order chi connectivity index (χ1) is 7.29. The van der Waals surface area contributed by atoms with E-state index in [-0.39, 0.29) is 10.5 Å². The van der Waals surface area contributed by atoms with E-state index < -0.39 is 17.4 Å². The van der Waals surface area contributed by atoms with Crippen molar-refractivity contribution >= 4 is 17.7 Å². The minimum absolute atomic E-state index is 0.0413. The van der Waals surface area contributed by atoms with Crippen LogP contribution in [0.5, 0.6) is 0 Å². The van der Waals surface area contributed by atoms with Crippen LogP contribution in [0.3, 0.4) is 0 Å². The molecule has 88 valence electrons. The number of hydrogen-bond donors (Lipinski definition) is 2. The third-order valence-electron chi connectivity index (χ3n) is 1.76. The van der Waals surface area contributed by atoms with Gasteiger partial charge in [-0.3, -0.25) is 0 Å². The molecule has 0 saturated carbocycles. The van der Waals surface area contributed by atoms with Crippen molar-refractivity contribution in [2.75, 3.05) is 5.75 Å². The first kappa shape index (κ1) is 13.0. The topological polar surface area (TPSA) is 57.5 Å². The van der Waals surface area contributed by atoms with Crippen LogP contribution in [0.1, 0.15) is 24.2 Å². The average Bonchev–Trinajstić information content (AvgIpc) is 2.14. The highest BCUT2D eigenvalue weighted by Crippen LogP contribution is 2.26. The Morgan fingerprint density at radius 1 is 1.50 bits per heavy atom. The number of aliphatic hydroxyl groups is 1. The van der Waals surface area contributed by atoms with Gasteiger partial charge in [0.15, 0.2) is 0 Å². The molecule has 0 saturated heterocycles. The molecule has 1 aromatic carbocycles. The average molecular weight is 244 g/mol. The maximum Gasteiger partial charge on any atom is 0.335 e. The van der Waals surface area contributed by atoms with Crippen LogP contribution < -0.4 is 0 Å². The zero-order valence-corrected chi connectivity index (χ0v) is 9.84. The van der Waals surface area contributed by atoms with E-state index in [0.29, 0.717) is 5.75 Å². The SMILES string of the molecule is CC(C)(O)CSc1cc(C(=O)O)ccc1F. The molecular weight excluding hydrogens is 231 g/mol. The first-order valence-electron chi connectivity index (χ1n) is 4.67. The van der Waals surface area contributed by atoms with Crippen LogP contribution in [-0.2, 0) is 0 Å². The second-order valence-electron chi connectivity index (χ2n) is 4.05. The van der Waals surface area contributed by atoms with Crippen molar-refractivity contribution in [2.45, 2.75) is 24.3 Å². The quantitative estimate of drug-likeness (QED) is 0.798. The molecule has 0 heterocycles. The zero-order chi connectivity index (χ0) is 12.3. The molecule has 0 fully saturated rings. The van der Waals surface area contributed by atoms with E-state index in [1.54, 1.807) is 13.8 Å². The number of carbonyl (C=O) groups is 1. The summed E-state index contributed by atoms with van der Waals surface area (Å²) in [5, 5.41) is 18.2. The molecular formula is C11H13FO3S. The van der Waals surface area contributed by atoms with Gasteiger partial charge in [-0.15, -0.1) is 11.8 Å². The Balaban J connectivity index is 2.86. The van der Waals surface area contributed by atoms with Crippen LogP contribution in [-0.4, -0.2) is 27.5 Å². The minimum Gasteiger partial charge on any atom is -0.478 e. The summed E-state index contributed by atoms with van der Waals surface area (Å²) >= 11 is 1.10. The molecule has 16 heavy (non-hydrogen) atoms. The molecule has 0 amide bonds. The summed E-state index contributed by atoms with van der Waals surface area (Å²) in [6.45, 7) is 3.22. The largest absolute Gasteiger partial charge is 0.478 e. The van der Waals surface area contributed by atoms with Crippen LogP contribution in [0.2, 0.25) is 0 Å². The maximum atomic E-state index is 13.3. The Morgan fingerprint density at radius 3 is 2.62 bits per heavy atom. The lowest BCUT2D eigenvalue weighted by molar-refractivity contribution is 0.0696. The number of benzene rings is 1. The summed E-state index contributed by atoms with van der Waals surface area (Å²) in [6.07, 6.45) is 0. The highest BCUT2D eigenvalue weighted by molar-refractivity contribution is 7.99. The molecule has 3 nitrogen and oxygen atoms in total. The third kappa shape index (κ3) is 3.83. The lowest BCUT2D eigenvalue weighted by Crippen LogP contribution is -2.21. The van der Waals surface area contributed by atoms with Crippen LogP contribution in [0.25, 0.3) is 0 Å². The number of halogens is 1. The molecule has 5 heteroatoms. The fourth-order valence-electron chi connectivity index (χ4n) is 1.00. The summed E-state index contributed by atoms with van der Waals surface area (Å²) in [5.74, 6) is -1.27. The van der Waals surface area contributed by atoms with Gasteiger partial charge in [-0.05, 0) is 32.0 Å². The molecule has 0 aromatic heterocycles. The first-order valence-corrected chi connectivity index (χ1v) is 5.66. The summed E-state index contributed by atoms with van der Waals surface area (Å²) in [5.41, 5.74) is -0.879. The number of carboxylic acids is 1. The fraction of sp³-hybridized carbons (Fsp3) is 0.364. The van der Waals surface area contributed by atoms with Crippen LogP contribution >= 0.6 is 11.8 Å². The summed E-state index contributed by atoms with van der Waals surface area (Å²) in [6, 6.07) is 3.61. The number of carboxylic acid groups (broad SMARTS) is 1. The Hall–Kier alpha value is -1.07. The van der Waals surface area contributed by atoms with Gasteiger partial charge in [0.05, 0.1) is 11.2 Å². The second kappa shape index (κ2) is 4.84. The minimum atomic E-state index is -1.09. The van der Waals surface area contributed by atoms with Gasteiger partial charge in [-0.1, -0.05) is 0 Å². The number of thioether (sulfide) groups is 1. The van der Waals surface area contributed by atoms with E-state index in [2.05, 4.69) is 0 Å². The molecule has 0 unspecified atom stereocenters. The Morgan fingerprint density at radius 2 is 2.12 bits per heavy atom. The lowest BCUT2D eigenvalue weighted by atomic mass is 10.2. The normalized spacial score (nSPS) is 11.5. The van der Waals surface area contributed by atoms with Gasteiger partial charge >= 0.3 is 5.97 Å². The zero-order valence-electron chi connectivity index (χ0n) is 9.03. The van der Waals surface area contributed by atoms with Gasteiger partial charge in [-0.2, -0.15) is 0 Å². The molecule has 1 aromatic rings. The Labute approximate surface area is 97.3 Å². The van der Waals surface area contributed by atoms with E-state index in [1.807, 2.05) is 0 Å². The highest BCUT2D eigenvalue weighted by atomic mass is 32.2. The molecule has 0 spiro atoms. The standard InChI is InChI=1S/C11H13FO3S/c1-11(2,15)6-16-9-5-7(10(13)14)3-4-8(9)12/h3-5,15H,6H2,1-2H3,(H,13,14). The van der Waals surface area contributed by atoms with Gasteiger partial charge < -0.3 is 10.2 Å². The number of rotatable bonds is 4. The number of aromatic carboxylic acids is 1. The molecule has 2 N–H and O–H groups in total. The Kier molecular flexibility index (Phi) is 3.93. The Bertz CT molecular complexity index is 399. The lowest BCUT2D eigenvalue weighted by Gasteiger charge is -2.16. The van der Waals surface area contributed by atoms with Gasteiger partial charge in [0.1, 0.15) is 5.82 Å². The fourth-order valence-corrected chi connectivity index (χ4v) is 1.93. The van der Waals surface area contributed by atoms with Gasteiger partial charge in [0, 0.05) is 10.6 Å². The third-order valence-corrected chi connectivity index (χ3v) is 3.23. The summed E-state index contributed by atoms with van der Waals surface area (Å²) in [4.78, 5) is 10.9. The van der Waals surface area contributed by atoms with Crippen molar-refractivity contribution in [3.05, 3.63) is 29.6 Å². The maximum absolute atomic E-state index is 13.3. The van der Waals surface area contributed by atoms with Gasteiger partial charge in [-0.25, -0.2) is 9.18 Å². The van der Waals surface area contributed by atoms with Crippen molar-refractivity contribution in [3.8, 4) is 0 Å². The van der Waals surface area contributed by atoms with Crippen molar-refractivity contribution in [2.24, 2.45) is 0 Å². The number of hydrogen-bond acceptors (Lipinski definition) is 3. The van der Waals surface area contributed by atoms with E-state index >= 15 is 0 Å². The molecule has 0 bridgehead atoms. The monoisotopic (exact) mass is 244 g/mol. The smallest absolute Gasteiger partial charge is 0.335 e. The molecule has 1 rings (SSSR count). The highest BCUT2D eigenvalue weighted by Gasteiger charge is 2.15. The van der Waals surface area contributed by atoms with E-state index in [9.17, 15) is 14.3 Å². The van der Waals surface area contributed by atoms with Gasteiger partial charge in [0.2, 0.25) is 0 Å². The summed E-state index contributed by atoms with van der Waals surface area (Å²) in [7, 11) is 0. The van der Waals surface area contributed by atoms with E-state index in [4.69, 9.17) is 5.11 Å². The van der Waals surface area contributed by atoms with E-state index in [0.717, 1.165) is 17.8 Å². The van der Waals surface area contributed by atoms with Crippen LogP contribution in [0.4, 0.5) is 4.39 Å². The molecule has 0 atom stereocenters. The van der Waals surface area contributed by atoms with Crippen molar-refractivity contribution in [1.29, 1.82) is 0 Å².